The van der Waals surface area contributed by atoms with Gasteiger partial charge in [0.2, 0.25) is 5.91 Å². The van der Waals surface area contributed by atoms with E-state index in [-0.39, 0.29) is 12.0 Å². The van der Waals surface area contributed by atoms with E-state index in [2.05, 4.69) is 43.9 Å². The molecule has 34 heavy (non-hydrogen) atoms. The highest BCUT2D eigenvalue weighted by atomic mass is 16.3. The minimum atomic E-state index is -0.644. The van der Waals surface area contributed by atoms with Crippen molar-refractivity contribution in [1.82, 2.24) is 4.90 Å². The van der Waals surface area contributed by atoms with Gasteiger partial charge in [0.1, 0.15) is 0 Å². The molecular formula is C30H53NO3. The van der Waals surface area contributed by atoms with Crippen molar-refractivity contribution in [1.29, 1.82) is 0 Å². The lowest BCUT2D eigenvalue weighted by atomic mass is 9.87. The molecule has 2 aliphatic rings. The lowest BCUT2D eigenvalue weighted by Crippen LogP contribution is -2.32. The number of allylic oxidation sites excluding steroid dienone is 2. The predicted octanol–water partition coefficient (Wildman–Crippen LogP) is 6.81. The van der Waals surface area contributed by atoms with Gasteiger partial charge in [0.05, 0.1) is 11.7 Å². The van der Waals surface area contributed by atoms with E-state index < -0.39 is 5.60 Å². The summed E-state index contributed by atoms with van der Waals surface area (Å²) in [5, 5.41) is 21.2. The Hall–Kier alpha value is -1.13. The molecule has 196 valence electrons. The molecule has 0 spiro atoms. The summed E-state index contributed by atoms with van der Waals surface area (Å²) < 4.78 is 0. The molecule has 1 fully saturated rings. The molecule has 2 rings (SSSR count). The van der Waals surface area contributed by atoms with Crippen LogP contribution in [0.5, 0.6) is 0 Å². The molecule has 1 amide bonds. The number of aliphatic hydroxyl groups is 2. The number of hydrogen-bond donors (Lipinski definition) is 2. The third-order valence-corrected chi connectivity index (χ3v) is 7.99. The maximum absolute atomic E-state index is 12.7. The van der Waals surface area contributed by atoms with Crippen LogP contribution in [0.1, 0.15) is 118 Å². The van der Waals surface area contributed by atoms with Gasteiger partial charge in [-0.15, -0.1) is 0 Å². The monoisotopic (exact) mass is 475 g/mol. The molecule has 0 heterocycles. The quantitative estimate of drug-likeness (QED) is 0.179. The van der Waals surface area contributed by atoms with Crippen molar-refractivity contribution in [3.05, 3.63) is 23.8 Å². The van der Waals surface area contributed by atoms with Gasteiger partial charge in [-0.3, -0.25) is 4.79 Å². The second kappa shape index (κ2) is 15.1. The van der Waals surface area contributed by atoms with E-state index in [1.807, 2.05) is 6.92 Å². The van der Waals surface area contributed by atoms with Gasteiger partial charge in [-0.05, 0) is 76.5 Å². The van der Waals surface area contributed by atoms with Crippen LogP contribution in [0.2, 0.25) is 0 Å². The van der Waals surface area contributed by atoms with E-state index in [4.69, 9.17) is 0 Å². The molecule has 0 aromatic heterocycles. The average molecular weight is 476 g/mol. The SMILES string of the molecule is CCCCN(CCCC)C(=O)CCCCC1=C[C@H]2C[C@@H](O)[C@H](C=CC[C@@](C)(O)CCCC)[C@H]2C1. The fraction of sp³-hybridized carbons (Fsp3) is 0.833. The predicted molar refractivity (Wildman–Crippen MR) is 143 cm³/mol. The van der Waals surface area contributed by atoms with Crippen molar-refractivity contribution in [2.24, 2.45) is 17.8 Å². The number of hydrogen-bond acceptors (Lipinski definition) is 3. The van der Waals surface area contributed by atoms with Crippen molar-refractivity contribution in [2.75, 3.05) is 13.1 Å². The number of nitrogens with zero attached hydrogens (tertiary/aromatic N) is 1. The maximum atomic E-state index is 12.7. The van der Waals surface area contributed by atoms with Crippen molar-refractivity contribution in [3.63, 3.8) is 0 Å². The van der Waals surface area contributed by atoms with Gasteiger partial charge in [-0.2, -0.15) is 0 Å². The summed E-state index contributed by atoms with van der Waals surface area (Å²) in [7, 11) is 0. The maximum Gasteiger partial charge on any atom is 0.222 e. The highest BCUT2D eigenvalue weighted by Gasteiger charge is 2.43. The van der Waals surface area contributed by atoms with E-state index in [9.17, 15) is 15.0 Å². The number of aliphatic hydroxyl groups excluding tert-OH is 1. The Morgan fingerprint density at radius 1 is 1.09 bits per heavy atom. The number of rotatable bonds is 17. The van der Waals surface area contributed by atoms with Crippen LogP contribution < -0.4 is 0 Å². The number of fused-ring (bicyclic) bond motifs is 1. The third-order valence-electron chi connectivity index (χ3n) is 7.99. The van der Waals surface area contributed by atoms with Gasteiger partial charge in [0.25, 0.3) is 0 Å². The lowest BCUT2D eigenvalue weighted by molar-refractivity contribution is -0.131. The van der Waals surface area contributed by atoms with Crippen LogP contribution >= 0.6 is 0 Å². The molecule has 0 saturated heterocycles. The molecule has 5 atom stereocenters. The zero-order valence-corrected chi connectivity index (χ0v) is 22.6. The number of unbranched alkanes of at least 4 members (excludes halogenated alkanes) is 4. The molecule has 4 nitrogen and oxygen atoms in total. The molecule has 0 aromatic carbocycles. The van der Waals surface area contributed by atoms with Crippen molar-refractivity contribution in [3.8, 4) is 0 Å². The highest BCUT2D eigenvalue weighted by Crippen LogP contribution is 2.48. The fourth-order valence-corrected chi connectivity index (χ4v) is 5.77. The third kappa shape index (κ3) is 9.49. The van der Waals surface area contributed by atoms with E-state index in [1.165, 1.54) is 5.57 Å². The second-order valence-corrected chi connectivity index (χ2v) is 11.3. The smallest absolute Gasteiger partial charge is 0.222 e. The summed E-state index contributed by atoms with van der Waals surface area (Å²) in [5.74, 6) is 1.53. The molecule has 0 radical (unpaired) electrons. The summed E-state index contributed by atoms with van der Waals surface area (Å²) in [5.41, 5.74) is 0.880. The largest absolute Gasteiger partial charge is 0.392 e. The summed E-state index contributed by atoms with van der Waals surface area (Å²) >= 11 is 0. The standard InChI is InChI=1S/C30H53NO3/c1-5-8-17-30(4,34)18-13-15-26-27-22-24(21-25(27)23-28(26)32)14-11-12-16-29(33)31(19-9-6-2)20-10-7-3/h13,15,21,25-28,32,34H,5-12,14,16-20,22-23H2,1-4H3/t25-,26+,27-,28+,30-/m0/s1. The Morgan fingerprint density at radius 2 is 1.76 bits per heavy atom. The molecule has 1 saturated carbocycles. The number of amides is 1. The normalized spacial score (nSPS) is 26.0. The van der Waals surface area contributed by atoms with Crippen molar-refractivity contribution >= 4 is 5.91 Å². The summed E-state index contributed by atoms with van der Waals surface area (Å²) in [6.45, 7) is 10.3. The lowest BCUT2D eigenvalue weighted by Gasteiger charge is -2.23. The van der Waals surface area contributed by atoms with Crippen molar-refractivity contribution in [2.45, 2.75) is 129 Å². The van der Waals surface area contributed by atoms with Crippen LogP contribution in [0.4, 0.5) is 0 Å². The Morgan fingerprint density at radius 3 is 2.41 bits per heavy atom. The van der Waals surface area contributed by atoms with Crippen LogP contribution in [-0.2, 0) is 4.79 Å². The minimum Gasteiger partial charge on any atom is -0.392 e. The molecule has 2 aliphatic carbocycles. The summed E-state index contributed by atoms with van der Waals surface area (Å²) in [4.78, 5) is 14.8. The summed E-state index contributed by atoms with van der Waals surface area (Å²) in [6, 6.07) is 0. The van der Waals surface area contributed by atoms with E-state index in [0.29, 0.717) is 30.6 Å². The first-order valence-electron chi connectivity index (χ1n) is 14.4. The highest BCUT2D eigenvalue weighted by molar-refractivity contribution is 5.76. The van der Waals surface area contributed by atoms with Crippen LogP contribution in [0.15, 0.2) is 23.8 Å². The molecule has 0 aromatic rings. The van der Waals surface area contributed by atoms with Gasteiger partial charge in [-0.25, -0.2) is 0 Å². The molecule has 2 N–H and O–H groups in total. The number of carbonyl (C=O) groups is 1. The fourth-order valence-electron chi connectivity index (χ4n) is 5.77. The Kier molecular flexibility index (Phi) is 12.9. The van der Waals surface area contributed by atoms with Crippen LogP contribution in [0.3, 0.4) is 0 Å². The Balaban J connectivity index is 1.75. The van der Waals surface area contributed by atoms with Crippen LogP contribution in [0.25, 0.3) is 0 Å². The molecular weight excluding hydrogens is 422 g/mol. The molecule has 0 unspecified atom stereocenters. The van der Waals surface area contributed by atoms with E-state index in [1.54, 1.807) is 0 Å². The Labute approximate surface area is 209 Å². The van der Waals surface area contributed by atoms with Crippen LogP contribution in [-0.4, -0.2) is 45.8 Å². The Bertz CT molecular complexity index is 645. The topological polar surface area (TPSA) is 60.8 Å². The van der Waals surface area contributed by atoms with Crippen LogP contribution in [0, 0.1) is 17.8 Å². The summed E-state index contributed by atoms with van der Waals surface area (Å²) in [6.07, 6.45) is 20.3. The van der Waals surface area contributed by atoms with Gasteiger partial charge < -0.3 is 15.1 Å². The van der Waals surface area contributed by atoms with Crippen molar-refractivity contribution < 1.29 is 15.0 Å². The zero-order valence-electron chi connectivity index (χ0n) is 22.6. The second-order valence-electron chi connectivity index (χ2n) is 11.3. The molecule has 0 bridgehead atoms. The average Bonchev–Trinajstić information content (AvgIpc) is 3.32. The first-order valence-corrected chi connectivity index (χ1v) is 14.4. The van der Waals surface area contributed by atoms with Gasteiger partial charge in [0.15, 0.2) is 0 Å². The molecule has 4 heteroatoms. The first-order chi connectivity index (χ1) is 16.3. The zero-order chi connectivity index (χ0) is 25.0. The molecule has 0 aliphatic heterocycles. The number of carbonyl (C=O) groups excluding carboxylic acids is 1. The minimum absolute atomic E-state index is 0.202. The van der Waals surface area contributed by atoms with E-state index >= 15 is 0 Å². The van der Waals surface area contributed by atoms with Gasteiger partial charge in [0, 0.05) is 25.4 Å². The van der Waals surface area contributed by atoms with E-state index in [0.717, 1.165) is 90.1 Å². The first kappa shape index (κ1) is 29.1. The van der Waals surface area contributed by atoms with Gasteiger partial charge in [-0.1, -0.05) is 70.3 Å². The van der Waals surface area contributed by atoms with Gasteiger partial charge >= 0.3 is 0 Å².